The average molecular weight is 685 g/mol. The molecule has 8 aliphatic rings. The van der Waals surface area contributed by atoms with E-state index in [2.05, 4.69) is 0 Å². The van der Waals surface area contributed by atoms with Gasteiger partial charge >= 0.3 is 23.9 Å². The maximum atomic E-state index is 13.9. The first kappa shape index (κ1) is 30.9. The van der Waals surface area contributed by atoms with Crippen molar-refractivity contribution in [2.45, 2.75) is 12.8 Å². The lowest BCUT2D eigenvalue weighted by Gasteiger charge is -2.44. The Balaban J connectivity index is 0.965. The smallest absolute Gasteiger partial charge is 0.334 e. The summed E-state index contributed by atoms with van der Waals surface area (Å²) in [6, 6.07) is 6.11. The lowest BCUT2D eigenvalue weighted by Crippen LogP contribution is -2.48. The second-order valence-electron chi connectivity index (χ2n) is 14.5. The molecule has 0 aromatic heterocycles. The number of ether oxygens (including phenoxy) is 4. The lowest BCUT2D eigenvalue weighted by atomic mass is 9.56. The number of imide groups is 2. The minimum Gasteiger partial charge on any atom is -0.466 e. The lowest BCUT2D eigenvalue weighted by molar-refractivity contribution is -0.144. The van der Waals surface area contributed by atoms with Crippen LogP contribution in [0, 0.1) is 71.0 Å². The Bertz CT molecular complexity index is 1710. The number of carbonyl (C=O) groups is 8. The molecule has 14 nitrogen and oxygen atoms in total. The van der Waals surface area contributed by atoms with Crippen LogP contribution < -0.4 is 9.80 Å². The maximum absolute atomic E-state index is 13.9. The van der Waals surface area contributed by atoms with Gasteiger partial charge in [0, 0.05) is 23.7 Å². The fourth-order valence-electron chi connectivity index (χ4n) is 11.8. The molecule has 1 aromatic carbocycles. The summed E-state index contributed by atoms with van der Waals surface area (Å²) in [5.74, 6) is -9.46. The molecule has 0 spiro atoms. The van der Waals surface area contributed by atoms with Crippen LogP contribution in [-0.4, -0.2) is 75.9 Å². The van der Waals surface area contributed by atoms with Gasteiger partial charge in [-0.15, -0.1) is 0 Å². The van der Waals surface area contributed by atoms with Gasteiger partial charge in [0.05, 0.1) is 85.8 Å². The molecule has 4 saturated carbocycles. The van der Waals surface area contributed by atoms with Gasteiger partial charge in [-0.3, -0.25) is 29.0 Å². The van der Waals surface area contributed by atoms with Gasteiger partial charge in [-0.1, -0.05) is 0 Å². The maximum Gasteiger partial charge on any atom is 0.334 e. The summed E-state index contributed by atoms with van der Waals surface area (Å²) in [5.41, 5.74) is 1.47. The number of nitrogens with zero attached hydrogens (tertiary/aromatic N) is 2. The van der Waals surface area contributed by atoms with E-state index in [0.29, 0.717) is 12.8 Å². The molecule has 1 aromatic rings. The summed E-state index contributed by atoms with van der Waals surface area (Å²) >= 11 is 0. The van der Waals surface area contributed by atoms with Crippen molar-refractivity contribution in [1.82, 2.24) is 0 Å². The van der Waals surface area contributed by atoms with Crippen LogP contribution in [-0.2, 0) is 57.3 Å². The zero-order chi connectivity index (χ0) is 35.2. The summed E-state index contributed by atoms with van der Waals surface area (Å²) in [4.78, 5) is 108. The van der Waals surface area contributed by atoms with Crippen LogP contribution in [0.5, 0.6) is 0 Å². The van der Waals surface area contributed by atoms with Crippen molar-refractivity contribution in [3.05, 3.63) is 46.6 Å². The van der Waals surface area contributed by atoms with Crippen LogP contribution in [0.25, 0.3) is 0 Å². The summed E-state index contributed by atoms with van der Waals surface area (Å²) < 4.78 is 19.8. The van der Waals surface area contributed by atoms with Crippen molar-refractivity contribution in [2.24, 2.45) is 71.0 Å². The van der Waals surface area contributed by atoms with E-state index in [-0.39, 0.29) is 105 Å². The van der Waals surface area contributed by atoms with Gasteiger partial charge in [0.1, 0.15) is 0 Å². The van der Waals surface area contributed by atoms with Gasteiger partial charge in [-0.2, -0.15) is 0 Å². The molecule has 2 heterocycles. The predicted octanol–water partition coefficient (Wildman–Crippen LogP) is 0.974. The van der Waals surface area contributed by atoms with Crippen molar-refractivity contribution in [3.8, 4) is 0 Å². The molecule has 4 amide bonds. The van der Waals surface area contributed by atoms with E-state index >= 15 is 0 Å². The van der Waals surface area contributed by atoms with Crippen molar-refractivity contribution in [2.75, 3.05) is 38.2 Å². The largest absolute Gasteiger partial charge is 0.466 e. The number of hydrogen-bond donors (Lipinski definition) is 0. The van der Waals surface area contributed by atoms with Gasteiger partial charge in [0.25, 0.3) is 0 Å². The molecule has 4 bridgehead atoms. The summed E-state index contributed by atoms with van der Waals surface area (Å²) in [6.45, 7) is 0. The van der Waals surface area contributed by atoms with E-state index < -0.39 is 47.5 Å². The van der Waals surface area contributed by atoms with E-state index in [4.69, 9.17) is 18.9 Å². The monoisotopic (exact) mass is 684 g/mol. The minimum atomic E-state index is -0.655. The number of anilines is 2. The van der Waals surface area contributed by atoms with Gasteiger partial charge < -0.3 is 18.9 Å². The number of esters is 4. The minimum absolute atomic E-state index is 0.225. The van der Waals surface area contributed by atoms with Crippen molar-refractivity contribution in [3.63, 3.8) is 0 Å². The third-order valence-corrected chi connectivity index (χ3v) is 13.2. The molecule has 50 heavy (non-hydrogen) atoms. The molecule has 12 atom stereocenters. The highest BCUT2D eigenvalue weighted by molar-refractivity contribution is 6.25. The number of carbonyl (C=O) groups excluding carboxylic acids is 8. The molecular formula is C36H32N2O12. The van der Waals surface area contributed by atoms with Crippen LogP contribution in [0.1, 0.15) is 12.8 Å². The van der Waals surface area contributed by atoms with E-state index in [0.717, 1.165) is 9.80 Å². The SMILES string of the molecule is COC(=O)C1=C(C(=O)OC)[C@H]2[C@H]3C[C@H]([C@H]4C(=O)N(c5ccc(N6C(=O)[C@@H]7[C@H]8C[C@@H]([C@@H]7C6=O)[C@@H]6C(C(=O)OC)=C(C(=O)OC)[C@H]86)cc5)C(=O)[C@@H]34)[C@@H]12. The number of fused-ring (bicyclic) bond motifs is 16. The Morgan fingerprint density at radius 2 is 0.660 bits per heavy atom. The fraction of sp³-hybridized carbons (Fsp3) is 0.500. The topological polar surface area (TPSA) is 180 Å². The zero-order valence-corrected chi connectivity index (χ0v) is 27.4. The molecule has 258 valence electrons. The highest BCUT2D eigenvalue weighted by atomic mass is 16.5. The Kier molecular flexibility index (Phi) is 6.30. The molecule has 2 saturated heterocycles. The number of rotatable bonds is 6. The first-order valence-corrected chi connectivity index (χ1v) is 16.7. The van der Waals surface area contributed by atoms with Crippen LogP contribution in [0.15, 0.2) is 46.6 Å². The Hall–Kier alpha value is -5.14. The molecule has 9 rings (SSSR count). The second kappa shape index (κ2) is 10.2. The van der Waals surface area contributed by atoms with E-state index in [1.807, 2.05) is 0 Å². The van der Waals surface area contributed by atoms with E-state index in [1.165, 1.54) is 52.7 Å². The van der Waals surface area contributed by atoms with E-state index in [9.17, 15) is 38.4 Å². The first-order valence-electron chi connectivity index (χ1n) is 16.7. The summed E-state index contributed by atoms with van der Waals surface area (Å²) in [7, 11) is 4.91. The standard InChI is InChI=1S/C36H32N2O12/c1-47-33(43)25-17-13-9-14(18(17)26(25)34(44)48-2)22-21(13)29(39)37(30(22)40)11-5-7-12(8-6-11)38-31(41)23-15-10-16(24(23)32(38)42)20-19(15)27(35(45)49-3)28(20)36(46)50-4/h5-8,13-24H,9-10H2,1-4H3/t13-,14+,15-,16+,17+,18-,19+,20-,21+,22-,23+,24-. The van der Waals surface area contributed by atoms with Crippen molar-refractivity contribution in [1.29, 1.82) is 0 Å². The number of amides is 4. The molecule has 0 unspecified atom stereocenters. The molecule has 0 N–H and O–H groups in total. The van der Waals surface area contributed by atoms with E-state index in [1.54, 1.807) is 0 Å². The molecular weight excluding hydrogens is 652 g/mol. The molecule has 0 radical (unpaired) electrons. The third kappa shape index (κ3) is 3.39. The normalized spacial score (nSPS) is 38.1. The molecule has 6 fully saturated rings. The fourth-order valence-corrected chi connectivity index (χ4v) is 11.8. The third-order valence-electron chi connectivity index (χ3n) is 13.2. The highest BCUT2D eigenvalue weighted by Crippen LogP contribution is 2.71. The van der Waals surface area contributed by atoms with Gasteiger partial charge in [0.2, 0.25) is 23.6 Å². The highest BCUT2D eigenvalue weighted by Gasteiger charge is 2.74. The molecule has 2 aliphatic heterocycles. The van der Waals surface area contributed by atoms with Crippen LogP contribution in [0.2, 0.25) is 0 Å². The Morgan fingerprint density at radius 1 is 0.440 bits per heavy atom. The van der Waals surface area contributed by atoms with Gasteiger partial charge in [-0.05, 0) is 60.8 Å². The summed E-state index contributed by atoms with van der Waals surface area (Å²) in [5, 5.41) is 0. The number of benzene rings is 1. The van der Waals surface area contributed by atoms with Crippen LogP contribution in [0.4, 0.5) is 11.4 Å². The quantitative estimate of drug-likeness (QED) is 0.236. The van der Waals surface area contributed by atoms with Crippen LogP contribution >= 0.6 is 0 Å². The van der Waals surface area contributed by atoms with Gasteiger partial charge in [-0.25, -0.2) is 19.2 Å². The Labute approximate surface area is 284 Å². The van der Waals surface area contributed by atoms with Crippen molar-refractivity contribution < 1.29 is 57.3 Å². The van der Waals surface area contributed by atoms with Gasteiger partial charge in [0.15, 0.2) is 0 Å². The zero-order valence-electron chi connectivity index (χ0n) is 27.4. The second-order valence-corrected chi connectivity index (χ2v) is 14.5. The summed E-state index contributed by atoms with van der Waals surface area (Å²) in [6.07, 6.45) is 1.05. The van der Waals surface area contributed by atoms with Crippen molar-refractivity contribution >= 4 is 58.9 Å². The number of methoxy groups -OCH3 is 4. The molecule has 14 heteroatoms. The Morgan fingerprint density at radius 3 is 0.860 bits per heavy atom. The average Bonchev–Trinajstić information content (AvgIpc) is 3.90. The predicted molar refractivity (Wildman–Crippen MR) is 165 cm³/mol. The molecule has 6 aliphatic carbocycles. The van der Waals surface area contributed by atoms with Crippen LogP contribution in [0.3, 0.4) is 0 Å². The number of hydrogen-bond acceptors (Lipinski definition) is 12. The first-order chi connectivity index (χ1) is 24.0.